The van der Waals surface area contributed by atoms with Gasteiger partial charge in [-0.05, 0) is 65.8 Å². The molecule has 0 saturated heterocycles. The molecule has 17 heteroatoms. The Kier molecular flexibility index (Phi) is 8.24. The lowest BCUT2D eigenvalue weighted by Crippen LogP contribution is -2.29. The molecule has 0 aliphatic rings. The minimum Gasteiger partial charge on any atom is -0.239 e. The van der Waals surface area contributed by atoms with Gasteiger partial charge in [0.15, 0.2) is 0 Å². The van der Waals surface area contributed by atoms with Crippen molar-refractivity contribution in [1.82, 2.24) is 9.97 Å². The number of nitrogens with zero attached hydrogens (tertiary/aromatic N) is 2. The van der Waals surface area contributed by atoms with Crippen molar-refractivity contribution in [3.05, 3.63) is 101 Å². The second-order valence-electron chi connectivity index (χ2n) is 8.63. The highest BCUT2D eigenvalue weighted by atomic mass is 31.1. The van der Waals surface area contributed by atoms with Crippen LogP contribution >= 0.6 is 7.92 Å². The van der Waals surface area contributed by atoms with Gasteiger partial charge in [0, 0.05) is 0 Å². The maximum absolute atomic E-state index is 14.8. The van der Waals surface area contributed by atoms with E-state index in [1.54, 1.807) is 0 Å². The van der Waals surface area contributed by atoms with Crippen LogP contribution in [0.15, 0.2) is 66.7 Å². The zero-order valence-electron chi connectivity index (χ0n) is 20.5. The Balaban J connectivity index is 2.19. The fourth-order valence-electron chi connectivity index (χ4n) is 3.93. The smallest absolute Gasteiger partial charge is 0.239 e. The van der Waals surface area contributed by atoms with E-state index in [-0.39, 0.29) is 24.3 Å². The fraction of sp³-hybridized carbons (Fsp3) is 0.154. The summed E-state index contributed by atoms with van der Waals surface area (Å²) in [5, 5.41) is -2.70. The number of rotatable bonds is 4. The molecule has 2 aromatic heterocycles. The molecule has 0 bridgehead atoms. The van der Waals surface area contributed by atoms with Gasteiger partial charge in [-0.3, -0.25) is 0 Å². The Bertz CT molecular complexity index is 1500. The zero-order chi connectivity index (χ0) is 32.1. The van der Waals surface area contributed by atoms with Crippen LogP contribution in [0.5, 0.6) is 0 Å². The predicted octanol–water partition coefficient (Wildman–Crippen LogP) is 8.26. The van der Waals surface area contributed by atoms with Gasteiger partial charge in [-0.15, -0.1) is 0 Å². The summed E-state index contributed by atoms with van der Waals surface area (Å²) in [5.41, 5.74) is -10.1. The summed E-state index contributed by atoms with van der Waals surface area (Å²) in [7, 11) is -3.28. The van der Waals surface area contributed by atoms with E-state index in [1.807, 2.05) is 0 Å². The molecule has 0 N–H and O–H groups in total. The molecule has 228 valence electrons. The van der Waals surface area contributed by atoms with Crippen molar-refractivity contribution in [3.63, 3.8) is 0 Å². The third kappa shape index (κ3) is 6.89. The topological polar surface area (TPSA) is 25.8 Å². The van der Waals surface area contributed by atoms with Crippen LogP contribution in [0.3, 0.4) is 0 Å². The largest absolute Gasteiger partial charge is 0.433 e. The van der Waals surface area contributed by atoms with Gasteiger partial charge in [-0.2, -0.15) is 52.7 Å². The van der Waals surface area contributed by atoms with Crippen molar-refractivity contribution in [2.45, 2.75) is 24.7 Å². The first-order chi connectivity index (χ1) is 19.7. The van der Waals surface area contributed by atoms with Crippen molar-refractivity contribution in [2.24, 2.45) is 0 Å². The van der Waals surface area contributed by atoms with Crippen LogP contribution in [0.4, 0.5) is 61.5 Å². The van der Waals surface area contributed by atoms with E-state index < -0.39 is 94.1 Å². The third-order valence-electron chi connectivity index (χ3n) is 5.68. The number of hydrogen-bond donors (Lipinski definition) is 0. The first-order valence-corrected chi connectivity index (χ1v) is 12.7. The van der Waals surface area contributed by atoms with Crippen molar-refractivity contribution >= 4 is 23.8 Å². The van der Waals surface area contributed by atoms with Crippen molar-refractivity contribution in [2.75, 3.05) is 0 Å². The molecule has 0 aliphatic heterocycles. The first kappa shape index (κ1) is 32.1. The van der Waals surface area contributed by atoms with Gasteiger partial charge in [-0.25, -0.2) is 18.7 Å². The van der Waals surface area contributed by atoms with E-state index >= 15 is 0 Å². The number of benzene rings is 2. The number of hydrogen-bond acceptors (Lipinski definition) is 2. The van der Waals surface area contributed by atoms with Gasteiger partial charge in [0.05, 0.1) is 5.56 Å². The molecule has 43 heavy (non-hydrogen) atoms. The van der Waals surface area contributed by atoms with Crippen LogP contribution in [-0.4, -0.2) is 9.97 Å². The van der Waals surface area contributed by atoms with E-state index in [0.717, 1.165) is 42.5 Å². The van der Waals surface area contributed by atoms with E-state index in [2.05, 4.69) is 9.97 Å². The van der Waals surface area contributed by atoms with Gasteiger partial charge in [0.25, 0.3) is 0 Å². The summed E-state index contributed by atoms with van der Waals surface area (Å²) in [6.45, 7) is 0. The molecule has 0 unspecified atom stereocenters. The minimum atomic E-state index is -5.55. The van der Waals surface area contributed by atoms with Gasteiger partial charge < -0.3 is 0 Å². The molecular weight excluding hydrogens is 637 g/mol. The zero-order valence-corrected chi connectivity index (χ0v) is 21.4. The highest BCUT2D eigenvalue weighted by Crippen LogP contribution is 2.43. The number of aromatic nitrogens is 2. The van der Waals surface area contributed by atoms with Gasteiger partial charge in [-0.1, -0.05) is 30.3 Å². The molecule has 4 rings (SSSR count). The van der Waals surface area contributed by atoms with Crippen LogP contribution in [0.2, 0.25) is 0 Å². The molecule has 4 aromatic rings. The van der Waals surface area contributed by atoms with Gasteiger partial charge in [0.2, 0.25) is 0 Å². The Hall–Kier alpha value is -3.81. The number of alkyl halides is 12. The van der Waals surface area contributed by atoms with Crippen LogP contribution in [0.25, 0.3) is 11.1 Å². The molecule has 0 amide bonds. The summed E-state index contributed by atoms with van der Waals surface area (Å²) >= 11 is 0. The Morgan fingerprint density at radius 3 is 1.16 bits per heavy atom. The van der Waals surface area contributed by atoms with Crippen LogP contribution in [0, 0.1) is 11.6 Å². The fourth-order valence-corrected chi connectivity index (χ4v) is 6.46. The van der Waals surface area contributed by atoms with E-state index in [0.29, 0.717) is 0 Å². The third-order valence-corrected chi connectivity index (χ3v) is 8.10. The first-order valence-electron chi connectivity index (χ1n) is 11.3. The number of pyridine rings is 2. The lowest BCUT2D eigenvalue weighted by atomic mass is 10.0. The summed E-state index contributed by atoms with van der Waals surface area (Å²) in [5.74, 6) is -2.57. The molecule has 0 fully saturated rings. The maximum Gasteiger partial charge on any atom is 0.433 e. The summed E-state index contributed by atoms with van der Waals surface area (Å²) in [4.78, 5) is 5.07. The molecule has 0 atom stereocenters. The summed E-state index contributed by atoms with van der Waals surface area (Å²) in [6.07, 6.45) is -22.2. The quantitative estimate of drug-likeness (QED) is 0.165. The SMILES string of the molecule is Fc1cccc(F)c1-c1ccccc1P(c1cc(C(F)(F)F)nc(C(F)(F)F)c1)c1cc(C(F)(F)F)nc(C(F)(F)F)c1. The average molecular weight is 648 g/mol. The van der Waals surface area contributed by atoms with Crippen molar-refractivity contribution in [1.29, 1.82) is 0 Å². The van der Waals surface area contributed by atoms with E-state index in [9.17, 15) is 61.5 Å². The van der Waals surface area contributed by atoms with Crippen molar-refractivity contribution < 1.29 is 61.5 Å². The molecular formula is C26H11F14N2P. The second kappa shape index (κ2) is 11.0. The lowest BCUT2D eigenvalue weighted by Gasteiger charge is -2.25. The second-order valence-corrected chi connectivity index (χ2v) is 10.8. The predicted molar refractivity (Wildman–Crippen MR) is 126 cm³/mol. The Morgan fingerprint density at radius 2 is 0.814 bits per heavy atom. The van der Waals surface area contributed by atoms with E-state index in [1.165, 1.54) is 0 Å². The molecule has 0 saturated carbocycles. The lowest BCUT2D eigenvalue weighted by molar-refractivity contribution is -0.151. The van der Waals surface area contributed by atoms with Crippen LogP contribution in [-0.2, 0) is 24.7 Å². The maximum atomic E-state index is 14.8. The molecule has 0 aliphatic carbocycles. The molecule has 0 radical (unpaired) electrons. The Morgan fingerprint density at radius 1 is 0.465 bits per heavy atom. The molecule has 2 heterocycles. The van der Waals surface area contributed by atoms with Gasteiger partial charge in [0.1, 0.15) is 34.4 Å². The summed E-state index contributed by atoms with van der Waals surface area (Å²) < 4.78 is 194. The van der Waals surface area contributed by atoms with Crippen molar-refractivity contribution in [3.8, 4) is 11.1 Å². The average Bonchev–Trinajstić information content (AvgIpc) is 2.87. The number of halogens is 14. The standard InChI is InChI=1S/C26H11F14N2P/c27-15-5-3-6-16(28)22(15)14-4-1-2-7-17(14)43(12-8-18(23(29,30)31)41-19(9-12)24(32,33)34)13-10-20(25(35,36)37)42-21(11-13)26(38,39)40/h1-11H. The normalized spacial score (nSPS) is 13.1. The molecule has 0 spiro atoms. The Labute approximate surface area is 232 Å². The van der Waals surface area contributed by atoms with E-state index in [4.69, 9.17) is 0 Å². The molecule has 2 nitrogen and oxygen atoms in total. The van der Waals surface area contributed by atoms with Crippen LogP contribution < -0.4 is 15.9 Å². The summed E-state index contributed by atoms with van der Waals surface area (Å²) in [6, 6.07) is 6.59. The monoisotopic (exact) mass is 648 g/mol. The highest BCUT2D eigenvalue weighted by molar-refractivity contribution is 7.80. The minimum absolute atomic E-state index is 0.0242. The van der Waals surface area contributed by atoms with Gasteiger partial charge >= 0.3 is 24.7 Å². The molecule has 2 aromatic carbocycles. The highest BCUT2D eigenvalue weighted by Gasteiger charge is 2.42. The van der Waals surface area contributed by atoms with Crippen LogP contribution in [0.1, 0.15) is 22.8 Å².